The highest BCUT2D eigenvalue weighted by Gasteiger charge is 2.13. The van der Waals surface area contributed by atoms with E-state index in [1.54, 1.807) is 35.7 Å². The van der Waals surface area contributed by atoms with E-state index in [1.165, 1.54) is 17.4 Å². The van der Waals surface area contributed by atoms with Crippen LogP contribution >= 0.6 is 22.9 Å². The number of thiazole rings is 1. The van der Waals surface area contributed by atoms with Crippen LogP contribution in [0.25, 0.3) is 16.6 Å². The second-order valence-electron chi connectivity index (χ2n) is 5.23. The molecule has 2 aromatic carbocycles. The van der Waals surface area contributed by atoms with Gasteiger partial charge in [-0.15, -0.1) is 11.3 Å². The molecule has 0 atom stereocenters. The lowest BCUT2D eigenvalue weighted by Crippen LogP contribution is -2.36. The standard InChI is InChI=1S/C18H15ClN4OS/c19-14-7-5-13(6-8-14)18-22-16(11-25-18)23(21)17(24)9-4-12-2-1-3-15(20)10-12/h1-11H,20-21H2. The van der Waals surface area contributed by atoms with Crippen molar-refractivity contribution in [2.45, 2.75) is 0 Å². The molecule has 3 rings (SSSR count). The van der Waals surface area contributed by atoms with Crippen molar-refractivity contribution in [1.29, 1.82) is 0 Å². The number of hydrazine groups is 1. The number of halogens is 1. The summed E-state index contributed by atoms with van der Waals surface area (Å²) in [6.07, 6.45) is 3.04. The fraction of sp³-hybridized carbons (Fsp3) is 0. The number of aromatic nitrogens is 1. The first-order valence-electron chi connectivity index (χ1n) is 7.37. The number of hydrogen-bond donors (Lipinski definition) is 2. The molecule has 1 heterocycles. The molecule has 1 aromatic heterocycles. The largest absolute Gasteiger partial charge is 0.399 e. The van der Waals surface area contributed by atoms with Crippen molar-refractivity contribution in [2.75, 3.05) is 10.7 Å². The Morgan fingerprint density at radius 2 is 1.96 bits per heavy atom. The average molecular weight is 371 g/mol. The van der Waals surface area contributed by atoms with Gasteiger partial charge >= 0.3 is 0 Å². The minimum atomic E-state index is -0.379. The number of rotatable bonds is 4. The maximum Gasteiger partial charge on any atom is 0.266 e. The van der Waals surface area contributed by atoms with Gasteiger partial charge in [-0.05, 0) is 35.9 Å². The predicted octanol–water partition coefficient (Wildman–Crippen LogP) is 3.97. The fourth-order valence-electron chi connectivity index (χ4n) is 2.12. The van der Waals surface area contributed by atoms with Crippen LogP contribution in [0.15, 0.2) is 60.0 Å². The molecule has 0 aliphatic heterocycles. The molecule has 0 aliphatic carbocycles. The summed E-state index contributed by atoms with van der Waals surface area (Å²) in [7, 11) is 0. The van der Waals surface area contributed by atoms with Gasteiger partial charge in [0, 0.05) is 27.7 Å². The van der Waals surface area contributed by atoms with Crippen LogP contribution in [0.1, 0.15) is 5.56 Å². The monoisotopic (exact) mass is 370 g/mol. The van der Waals surface area contributed by atoms with Crippen molar-refractivity contribution in [1.82, 2.24) is 4.98 Å². The number of nitrogen functional groups attached to an aromatic ring is 1. The molecule has 0 saturated carbocycles. The molecule has 0 unspecified atom stereocenters. The number of amides is 1. The van der Waals surface area contributed by atoms with Crippen LogP contribution in [0.4, 0.5) is 11.5 Å². The normalized spacial score (nSPS) is 11.0. The van der Waals surface area contributed by atoms with E-state index in [-0.39, 0.29) is 5.91 Å². The van der Waals surface area contributed by atoms with E-state index < -0.39 is 0 Å². The van der Waals surface area contributed by atoms with E-state index in [1.807, 2.05) is 24.3 Å². The maximum atomic E-state index is 12.2. The summed E-state index contributed by atoms with van der Waals surface area (Å²) < 4.78 is 0. The Morgan fingerprint density at radius 3 is 2.68 bits per heavy atom. The lowest BCUT2D eigenvalue weighted by molar-refractivity contribution is -0.114. The van der Waals surface area contributed by atoms with Gasteiger partial charge in [-0.25, -0.2) is 15.8 Å². The molecule has 25 heavy (non-hydrogen) atoms. The zero-order chi connectivity index (χ0) is 17.8. The molecular formula is C18H15ClN4OS. The molecule has 0 aliphatic rings. The second-order valence-corrected chi connectivity index (χ2v) is 6.52. The molecule has 0 bridgehead atoms. The Bertz CT molecular complexity index is 921. The summed E-state index contributed by atoms with van der Waals surface area (Å²) in [5.41, 5.74) is 8.08. The Hall–Kier alpha value is -2.67. The summed E-state index contributed by atoms with van der Waals surface area (Å²) in [5.74, 6) is 5.89. The Balaban J connectivity index is 1.73. The Kier molecular flexibility index (Phi) is 5.14. The third-order valence-electron chi connectivity index (χ3n) is 3.40. The van der Waals surface area contributed by atoms with E-state index in [2.05, 4.69) is 4.98 Å². The Labute approximate surface area is 154 Å². The van der Waals surface area contributed by atoms with Gasteiger partial charge in [-0.3, -0.25) is 4.79 Å². The zero-order valence-electron chi connectivity index (χ0n) is 13.1. The van der Waals surface area contributed by atoms with Crippen LogP contribution in [0.5, 0.6) is 0 Å². The zero-order valence-corrected chi connectivity index (χ0v) is 14.7. The molecule has 7 heteroatoms. The quantitative estimate of drug-likeness (QED) is 0.239. The minimum Gasteiger partial charge on any atom is -0.399 e. The highest BCUT2D eigenvalue weighted by Crippen LogP contribution is 2.28. The first-order valence-corrected chi connectivity index (χ1v) is 8.62. The van der Waals surface area contributed by atoms with E-state index in [0.29, 0.717) is 16.5 Å². The average Bonchev–Trinajstić information content (AvgIpc) is 3.10. The van der Waals surface area contributed by atoms with Crippen LogP contribution < -0.4 is 16.6 Å². The smallest absolute Gasteiger partial charge is 0.266 e. The number of anilines is 2. The van der Waals surface area contributed by atoms with E-state index in [0.717, 1.165) is 21.1 Å². The third kappa shape index (κ3) is 4.24. The number of hydrogen-bond acceptors (Lipinski definition) is 5. The molecular weight excluding hydrogens is 356 g/mol. The van der Waals surface area contributed by atoms with Crippen LogP contribution in [-0.2, 0) is 4.79 Å². The first-order chi connectivity index (χ1) is 12.0. The van der Waals surface area contributed by atoms with Crippen LogP contribution in [0.2, 0.25) is 5.02 Å². The van der Waals surface area contributed by atoms with Gasteiger partial charge in [-0.2, -0.15) is 0 Å². The molecule has 0 saturated heterocycles. The van der Waals surface area contributed by atoms with Crippen LogP contribution in [0, 0.1) is 0 Å². The summed E-state index contributed by atoms with van der Waals surface area (Å²) in [4.78, 5) is 16.6. The van der Waals surface area contributed by atoms with Gasteiger partial charge in [0.05, 0.1) is 0 Å². The summed E-state index contributed by atoms with van der Waals surface area (Å²) in [6, 6.07) is 14.5. The number of nitrogens with two attached hydrogens (primary N) is 2. The lowest BCUT2D eigenvalue weighted by atomic mass is 10.2. The summed E-state index contributed by atoms with van der Waals surface area (Å²) in [5, 5.41) is 4.16. The molecule has 0 radical (unpaired) electrons. The van der Waals surface area contributed by atoms with Crippen LogP contribution in [0.3, 0.4) is 0 Å². The van der Waals surface area contributed by atoms with Gasteiger partial charge in [0.15, 0.2) is 5.82 Å². The number of benzene rings is 2. The Morgan fingerprint density at radius 1 is 1.20 bits per heavy atom. The number of nitrogens with zero attached hydrogens (tertiary/aromatic N) is 2. The molecule has 1 amide bonds. The highest BCUT2D eigenvalue weighted by atomic mass is 35.5. The molecule has 4 N–H and O–H groups in total. The predicted molar refractivity (Wildman–Crippen MR) is 104 cm³/mol. The van der Waals surface area contributed by atoms with E-state index in [9.17, 15) is 4.79 Å². The molecule has 0 spiro atoms. The van der Waals surface area contributed by atoms with E-state index >= 15 is 0 Å². The van der Waals surface area contributed by atoms with Crippen molar-refractivity contribution in [2.24, 2.45) is 5.84 Å². The van der Waals surface area contributed by atoms with Gasteiger partial charge in [0.1, 0.15) is 5.01 Å². The van der Waals surface area contributed by atoms with Gasteiger partial charge in [0.2, 0.25) is 0 Å². The third-order valence-corrected chi connectivity index (χ3v) is 4.53. The summed E-state index contributed by atoms with van der Waals surface area (Å²) >= 11 is 7.29. The van der Waals surface area contributed by atoms with Gasteiger partial charge in [-0.1, -0.05) is 35.9 Å². The van der Waals surface area contributed by atoms with Crippen LogP contribution in [-0.4, -0.2) is 10.9 Å². The molecule has 3 aromatic rings. The minimum absolute atomic E-state index is 0.379. The number of carbonyl (C=O) groups excluding carboxylic acids is 1. The van der Waals surface area contributed by atoms with Crippen molar-refractivity contribution < 1.29 is 4.79 Å². The second kappa shape index (κ2) is 7.48. The maximum absolute atomic E-state index is 12.2. The number of carbonyl (C=O) groups is 1. The van der Waals surface area contributed by atoms with Crippen molar-refractivity contribution >= 4 is 46.4 Å². The highest BCUT2D eigenvalue weighted by molar-refractivity contribution is 7.13. The van der Waals surface area contributed by atoms with Gasteiger partial charge < -0.3 is 5.73 Å². The SMILES string of the molecule is Nc1cccc(C=CC(=O)N(N)c2csc(-c3ccc(Cl)cc3)n2)c1. The van der Waals surface area contributed by atoms with Crippen molar-refractivity contribution in [3.8, 4) is 10.6 Å². The van der Waals surface area contributed by atoms with Gasteiger partial charge in [0.25, 0.3) is 5.91 Å². The topological polar surface area (TPSA) is 85.2 Å². The molecule has 126 valence electrons. The fourth-order valence-corrected chi connectivity index (χ4v) is 3.05. The summed E-state index contributed by atoms with van der Waals surface area (Å²) in [6.45, 7) is 0. The first kappa shape index (κ1) is 17.2. The van der Waals surface area contributed by atoms with Crippen molar-refractivity contribution in [3.05, 3.63) is 70.6 Å². The lowest BCUT2D eigenvalue weighted by Gasteiger charge is -2.10. The van der Waals surface area contributed by atoms with E-state index in [4.69, 9.17) is 23.2 Å². The van der Waals surface area contributed by atoms with Crippen molar-refractivity contribution in [3.63, 3.8) is 0 Å². The molecule has 5 nitrogen and oxygen atoms in total. The molecule has 0 fully saturated rings.